The summed E-state index contributed by atoms with van der Waals surface area (Å²) in [5.74, 6) is 4.41. The molecule has 0 spiro atoms. The quantitative estimate of drug-likeness (QED) is 0.748. The molecule has 0 aromatic heterocycles. The third-order valence-corrected chi connectivity index (χ3v) is 6.67. The van der Waals surface area contributed by atoms with Crippen molar-refractivity contribution in [3.05, 3.63) is 0 Å². The molecule has 1 unspecified atom stereocenters. The van der Waals surface area contributed by atoms with E-state index in [9.17, 15) is 0 Å². The molecule has 0 aromatic rings. The zero-order valence-corrected chi connectivity index (χ0v) is 12.7. The molecule has 19 heavy (non-hydrogen) atoms. The summed E-state index contributed by atoms with van der Waals surface area (Å²) >= 11 is 0. The molecule has 0 saturated heterocycles. The Morgan fingerprint density at radius 3 is 2.05 bits per heavy atom. The first kappa shape index (κ1) is 12.7. The van der Waals surface area contributed by atoms with Gasteiger partial charge in [-0.25, -0.2) is 0 Å². The average Bonchev–Trinajstić information content (AvgIpc) is 3.16. The molecule has 108 valence electrons. The number of hydrogen-bond acceptors (Lipinski definition) is 1. The van der Waals surface area contributed by atoms with Gasteiger partial charge in [-0.1, -0.05) is 6.92 Å². The van der Waals surface area contributed by atoms with Crippen molar-refractivity contribution in [3.63, 3.8) is 0 Å². The van der Waals surface area contributed by atoms with Crippen LogP contribution in [0.5, 0.6) is 0 Å². The Labute approximate surface area is 118 Å². The van der Waals surface area contributed by atoms with E-state index in [4.69, 9.17) is 0 Å². The SMILES string of the molecule is CCCNC(CC12CC3CC(CC(C3)C1)C2)C1CC1. The molecule has 5 rings (SSSR count). The molecule has 0 radical (unpaired) electrons. The number of rotatable bonds is 6. The minimum absolute atomic E-state index is 0.781. The molecule has 5 fully saturated rings. The van der Waals surface area contributed by atoms with E-state index in [-0.39, 0.29) is 0 Å². The van der Waals surface area contributed by atoms with Crippen LogP contribution < -0.4 is 5.32 Å². The molecule has 1 heteroatoms. The maximum absolute atomic E-state index is 3.91. The highest BCUT2D eigenvalue weighted by atomic mass is 14.9. The summed E-state index contributed by atoms with van der Waals surface area (Å²) in [5.41, 5.74) is 0.781. The van der Waals surface area contributed by atoms with Gasteiger partial charge in [-0.05, 0) is 99.8 Å². The van der Waals surface area contributed by atoms with E-state index in [0.717, 1.165) is 35.1 Å². The van der Waals surface area contributed by atoms with E-state index in [1.807, 2.05) is 0 Å². The molecular formula is C18H31N. The topological polar surface area (TPSA) is 12.0 Å². The predicted octanol–water partition coefficient (Wildman–Crippen LogP) is 4.37. The van der Waals surface area contributed by atoms with Gasteiger partial charge in [0.1, 0.15) is 0 Å². The van der Waals surface area contributed by atoms with Crippen molar-refractivity contribution >= 4 is 0 Å². The minimum atomic E-state index is 0.781. The van der Waals surface area contributed by atoms with E-state index < -0.39 is 0 Å². The van der Waals surface area contributed by atoms with Gasteiger partial charge in [0.25, 0.3) is 0 Å². The standard InChI is InChI=1S/C18H31N/c1-2-5-19-17(16-3-4-16)12-18-9-13-6-14(10-18)8-15(7-13)11-18/h13-17,19H,2-12H2,1H3. The fourth-order valence-electron chi connectivity index (χ4n) is 6.24. The highest BCUT2D eigenvalue weighted by Crippen LogP contribution is 2.62. The van der Waals surface area contributed by atoms with Crippen LogP contribution in [0.25, 0.3) is 0 Å². The smallest absolute Gasteiger partial charge is 0.0101 e. The van der Waals surface area contributed by atoms with Gasteiger partial charge in [0.05, 0.1) is 0 Å². The molecule has 0 heterocycles. The Morgan fingerprint density at radius 2 is 1.58 bits per heavy atom. The highest BCUT2D eigenvalue weighted by Gasteiger charge is 2.52. The molecule has 0 aliphatic heterocycles. The second kappa shape index (κ2) is 4.76. The first-order valence-corrected chi connectivity index (χ1v) is 9.00. The molecule has 4 bridgehead atoms. The van der Waals surface area contributed by atoms with Crippen molar-refractivity contribution in [2.75, 3.05) is 6.54 Å². The first-order chi connectivity index (χ1) is 9.26. The number of nitrogens with one attached hydrogen (secondary N) is 1. The summed E-state index contributed by atoms with van der Waals surface area (Å²) in [7, 11) is 0. The van der Waals surface area contributed by atoms with E-state index in [1.165, 1.54) is 32.2 Å². The van der Waals surface area contributed by atoms with Crippen LogP contribution in [0.4, 0.5) is 0 Å². The summed E-state index contributed by atoms with van der Waals surface area (Å²) in [6.45, 7) is 3.55. The molecule has 1 N–H and O–H groups in total. The summed E-state index contributed by atoms with van der Waals surface area (Å²) in [5, 5.41) is 3.91. The van der Waals surface area contributed by atoms with Gasteiger partial charge in [-0.3, -0.25) is 0 Å². The monoisotopic (exact) mass is 261 g/mol. The van der Waals surface area contributed by atoms with Crippen LogP contribution in [0.3, 0.4) is 0 Å². The Bertz CT molecular complexity index is 295. The van der Waals surface area contributed by atoms with E-state index >= 15 is 0 Å². The summed E-state index contributed by atoms with van der Waals surface area (Å²) < 4.78 is 0. The van der Waals surface area contributed by atoms with Gasteiger partial charge in [0.15, 0.2) is 0 Å². The third-order valence-electron chi connectivity index (χ3n) is 6.67. The predicted molar refractivity (Wildman–Crippen MR) is 80.0 cm³/mol. The van der Waals surface area contributed by atoms with Gasteiger partial charge >= 0.3 is 0 Å². The Morgan fingerprint density at radius 1 is 1.00 bits per heavy atom. The highest BCUT2D eigenvalue weighted by molar-refractivity contribution is 5.04. The fourth-order valence-corrected chi connectivity index (χ4v) is 6.24. The van der Waals surface area contributed by atoms with Gasteiger partial charge in [0.2, 0.25) is 0 Å². The average molecular weight is 261 g/mol. The van der Waals surface area contributed by atoms with E-state index in [1.54, 1.807) is 38.5 Å². The van der Waals surface area contributed by atoms with Gasteiger partial charge in [-0.2, -0.15) is 0 Å². The van der Waals surface area contributed by atoms with Crippen molar-refractivity contribution in [1.29, 1.82) is 0 Å². The number of hydrogen-bond donors (Lipinski definition) is 1. The van der Waals surface area contributed by atoms with Crippen LogP contribution in [0.2, 0.25) is 0 Å². The molecular weight excluding hydrogens is 230 g/mol. The van der Waals surface area contributed by atoms with Gasteiger partial charge in [0, 0.05) is 6.04 Å². The molecule has 5 saturated carbocycles. The lowest BCUT2D eigenvalue weighted by Gasteiger charge is -2.58. The second-order valence-electron chi connectivity index (χ2n) is 8.52. The van der Waals surface area contributed by atoms with Gasteiger partial charge < -0.3 is 5.32 Å². The summed E-state index contributed by atoms with van der Waals surface area (Å²) in [6.07, 6.45) is 15.4. The van der Waals surface area contributed by atoms with Crippen LogP contribution in [-0.4, -0.2) is 12.6 Å². The lowest BCUT2D eigenvalue weighted by molar-refractivity contribution is -0.0630. The fraction of sp³-hybridized carbons (Fsp3) is 1.00. The lowest BCUT2D eigenvalue weighted by Crippen LogP contribution is -2.49. The maximum Gasteiger partial charge on any atom is 0.0101 e. The molecule has 5 aliphatic rings. The third kappa shape index (κ3) is 2.48. The van der Waals surface area contributed by atoms with Crippen LogP contribution in [0.1, 0.15) is 71.1 Å². The van der Waals surface area contributed by atoms with Crippen LogP contribution in [-0.2, 0) is 0 Å². The zero-order valence-electron chi connectivity index (χ0n) is 12.7. The lowest BCUT2D eigenvalue weighted by atomic mass is 9.48. The van der Waals surface area contributed by atoms with Gasteiger partial charge in [-0.15, -0.1) is 0 Å². The Balaban J connectivity index is 1.45. The summed E-state index contributed by atoms with van der Waals surface area (Å²) in [6, 6.07) is 0.871. The van der Waals surface area contributed by atoms with Crippen molar-refractivity contribution in [2.45, 2.75) is 77.2 Å². The van der Waals surface area contributed by atoms with Crippen molar-refractivity contribution < 1.29 is 0 Å². The molecule has 0 aromatic carbocycles. The largest absolute Gasteiger partial charge is 0.314 e. The van der Waals surface area contributed by atoms with Crippen LogP contribution >= 0.6 is 0 Å². The van der Waals surface area contributed by atoms with E-state index in [2.05, 4.69) is 12.2 Å². The molecule has 1 nitrogen and oxygen atoms in total. The zero-order chi connectivity index (χ0) is 12.9. The molecule has 5 aliphatic carbocycles. The van der Waals surface area contributed by atoms with Crippen molar-refractivity contribution in [2.24, 2.45) is 29.1 Å². The summed E-state index contributed by atoms with van der Waals surface area (Å²) in [4.78, 5) is 0. The first-order valence-electron chi connectivity index (χ1n) is 9.00. The Hall–Kier alpha value is -0.0400. The van der Waals surface area contributed by atoms with Crippen LogP contribution in [0.15, 0.2) is 0 Å². The van der Waals surface area contributed by atoms with Crippen LogP contribution in [0, 0.1) is 29.1 Å². The maximum atomic E-state index is 3.91. The normalized spacial score (nSPS) is 45.6. The minimum Gasteiger partial charge on any atom is -0.314 e. The second-order valence-corrected chi connectivity index (χ2v) is 8.52. The molecule has 0 amide bonds. The van der Waals surface area contributed by atoms with Crippen molar-refractivity contribution in [1.82, 2.24) is 5.32 Å². The van der Waals surface area contributed by atoms with E-state index in [0.29, 0.717) is 0 Å². The molecule has 1 atom stereocenters. The van der Waals surface area contributed by atoms with Crippen molar-refractivity contribution in [3.8, 4) is 0 Å². The Kier molecular flexibility index (Phi) is 3.17.